The van der Waals surface area contributed by atoms with Crippen LogP contribution in [0, 0.1) is 24.0 Å². The number of nitro groups is 1. The van der Waals surface area contributed by atoms with Gasteiger partial charge < -0.3 is 4.98 Å². The topological polar surface area (TPSA) is 93.8 Å². The Balaban J connectivity index is 1.68. The summed E-state index contributed by atoms with van der Waals surface area (Å²) >= 11 is 1.43. The number of non-ortho nitro benzene ring substituents is 1. The van der Waals surface area contributed by atoms with Crippen molar-refractivity contribution in [3.05, 3.63) is 104 Å². The molecule has 33 heavy (non-hydrogen) atoms. The van der Waals surface area contributed by atoms with Crippen LogP contribution >= 0.6 is 11.8 Å². The first-order valence-electron chi connectivity index (χ1n) is 10.4. The van der Waals surface area contributed by atoms with Gasteiger partial charge in [-0.05, 0) is 42.7 Å². The van der Waals surface area contributed by atoms with Crippen LogP contribution in [0.25, 0.3) is 27.6 Å². The predicted molar refractivity (Wildman–Crippen MR) is 131 cm³/mol. The highest BCUT2D eigenvalue weighted by atomic mass is 32.2. The largest absolute Gasteiger partial charge is 0.349 e. The van der Waals surface area contributed by atoms with Gasteiger partial charge in [0.1, 0.15) is 11.0 Å². The van der Waals surface area contributed by atoms with Crippen molar-refractivity contribution >= 4 is 39.4 Å². The molecule has 3 aromatic carbocycles. The summed E-state index contributed by atoms with van der Waals surface area (Å²) in [7, 11) is 0. The molecule has 0 fully saturated rings. The van der Waals surface area contributed by atoms with E-state index in [9.17, 15) is 14.9 Å². The Morgan fingerprint density at radius 1 is 1.03 bits per heavy atom. The molecule has 0 atom stereocenters. The molecule has 0 aliphatic rings. The fraction of sp³-hybridized carbons (Fsp3) is 0.120. The van der Waals surface area contributed by atoms with E-state index in [0.717, 1.165) is 33.3 Å². The number of aromatic nitrogens is 3. The summed E-state index contributed by atoms with van der Waals surface area (Å²) in [6, 6.07) is 20.1. The number of nitro benzene ring substituents is 1. The second kappa shape index (κ2) is 8.22. The van der Waals surface area contributed by atoms with Gasteiger partial charge in [-0.3, -0.25) is 19.5 Å². The Labute approximate surface area is 193 Å². The number of hydrogen-bond donors (Lipinski definition) is 1. The molecule has 0 amide bonds. The van der Waals surface area contributed by atoms with Crippen LogP contribution in [-0.4, -0.2) is 19.5 Å². The molecule has 5 aromatic rings. The predicted octanol–water partition coefficient (Wildman–Crippen LogP) is 5.68. The average Bonchev–Trinajstić information content (AvgIpc) is 3.19. The van der Waals surface area contributed by atoms with Crippen molar-refractivity contribution in [1.82, 2.24) is 14.5 Å². The number of para-hydroxylation sites is 1. The average molecular weight is 457 g/mol. The molecule has 0 spiro atoms. The summed E-state index contributed by atoms with van der Waals surface area (Å²) in [6.45, 7) is 4.01. The molecule has 5 rings (SSSR count). The van der Waals surface area contributed by atoms with Crippen molar-refractivity contribution in [2.45, 2.75) is 24.8 Å². The van der Waals surface area contributed by atoms with Gasteiger partial charge in [0, 0.05) is 28.8 Å². The molecular formula is C25H20N4O3S. The van der Waals surface area contributed by atoms with E-state index in [-0.39, 0.29) is 11.2 Å². The molecule has 0 bridgehead atoms. The van der Waals surface area contributed by atoms with Crippen LogP contribution in [0.3, 0.4) is 0 Å². The van der Waals surface area contributed by atoms with E-state index < -0.39 is 4.92 Å². The van der Waals surface area contributed by atoms with Crippen LogP contribution in [0.5, 0.6) is 0 Å². The molecule has 0 unspecified atom stereocenters. The molecule has 164 valence electrons. The summed E-state index contributed by atoms with van der Waals surface area (Å²) in [6.07, 6.45) is 0. The number of rotatable bonds is 5. The molecular weight excluding hydrogens is 436 g/mol. The van der Waals surface area contributed by atoms with Gasteiger partial charge in [-0.2, -0.15) is 0 Å². The maximum atomic E-state index is 13.7. The molecule has 0 aliphatic heterocycles. The number of fused-ring (bicyclic) bond motifs is 3. The minimum Gasteiger partial charge on any atom is -0.349 e. The van der Waals surface area contributed by atoms with E-state index >= 15 is 0 Å². The minimum atomic E-state index is -0.415. The molecule has 7 nitrogen and oxygen atoms in total. The third kappa shape index (κ3) is 3.68. The molecule has 1 N–H and O–H groups in total. The van der Waals surface area contributed by atoms with Crippen LogP contribution in [0.2, 0.25) is 0 Å². The van der Waals surface area contributed by atoms with Crippen LogP contribution < -0.4 is 5.56 Å². The third-order valence-corrected chi connectivity index (χ3v) is 6.84. The van der Waals surface area contributed by atoms with Crippen LogP contribution in [0.4, 0.5) is 5.69 Å². The molecule has 2 heterocycles. The monoisotopic (exact) mass is 456 g/mol. The van der Waals surface area contributed by atoms with E-state index in [1.54, 1.807) is 16.7 Å². The molecule has 8 heteroatoms. The zero-order chi connectivity index (χ0) is 23.1. The van der Waals surface area contributed by atoms with Crippen molar-refractivity contribution in [1.29, 1.82) is 0 Å². The van der Waals surface area contributed by atoms with Gasteiger partial charge in [0.2, 0.25) is 0 Å². The van der Waals surface area contributed by atoms with Crippen molar-refractivity contribution in [3.8, 4) is 5.69 Å². The van der Waals surface area contributed by atoms with Crippen molar-refractivity contribution < 1.29 is 4.92 Å². The lowest BCUT2D eigenvalue weighted by molar-refractivity contribution is -0.384. The van der Waals surface area contributed by atoms with Gasteiger partial charge in [-0.25, -0.2) is 4.98 Å². The van der Waals surface area contributed by atoms with E-state index in [2.05, 4.69) is 4.98 Å². The number of aryl methyl sites for hydroxylation is 1. The third-order valence-electron chi connectivity index (χ3n) is 5.83. The van der Waals surface area contributed by atoms with Crippen molar-refractivity contribution in [2.24, 2.45) is 0 Å². The van der Waals surface area contributed by atoms with E-state index in [0.29, 0.717) is 21.9 Å². The van der Waals surface area contributed by atoms with Gasteiger partial charge in [-0.1, -0.05) is 54.2 Å². The Hall–Kier alpha value is -3.91. The number of H-pyrrole nitrogens is 1. The number of benzene rings is 3. The molecule has 0 saturated carbocycles. The van der Waals surface area contributed by atoms with Crippen LogP contribution in [0.15, 0.2) is 76.7 Å². The van der Waals surface area contributed by atoms with Gasteiger partial charge in [0.25, 0.3) is 11.2 Å². The highest BCUT2D eigenvalue weighted by Crippen LogP contribution is 2.29. The number of nitrogens with one attached hydrogen (secondary N) is 1. The highest BCUT2D eigenvalue weighted by molar-refractivity contribution is 7.98. The zero-order valence-corrected chi connectivity index (χ0v) is 18.8. The fourth-order valence-corrected chi connectivity index (χ4v) is 4.85. The van der Waals surface area contributed by atoms with E-state index in [4.69, 9.17) is 4.98 Å². The van der Waals surface area contributed by atoms with Crippen molar-refractivity contribution in [2.75, 3.05) is 0 Å². The van der Waals surface area contributed by atoms with Gasteiger partial charge >= 0.3 is 0 Å². The van der Waals surface area contributed by atoms with Crippen LogP contribution in [-0.2, 0) is 5.75 Å². The summed E-state index contributed by atoms with van der Waals surface area (Å²) in [5, 5.41) is 12.4. The fourth-order valence-electron chi connectivity index (χ4n) is 3.89. The first-order chi connectivity index (χ1) is 15.9. The maximum Gasteiger partial charge on any atom is 0.283 e. The van der Waals surface area contributed by atoms with Gasteiger partial charge in [0.15, 0.2) is 5.16 Å². The lowest BCUT2D eigenvalue weighted by Crippen LogP contribution is -2.22. The lowest BCUT2D eigenvalue weighted by Gasteiger charge is -2.15. The van der Waals surface area contributed by atoms with Crippen LogP contribution in [0.1, 0.15) is 16.7 Å². The number of hydrogen-bond acceptors (Lipinski definition) is 5. The van der Waals surface area contributed by atoms with Crippen molar-refractivity contribution in [3.63, 3.8) is 0 Å². The smallest absolute Gasteiger partial charge is 0.283 e. The van der Waals surface area contributed by atoms with E-state index in [1.165, 1.54) is 23.9 Å². The summed E-state index contributed by atoms with van der Waals surface area (Å²) in [5.41, 5.74) is 5.66. The molecule has 0 aliphatic carbocycles. The first-order valence-corrected chi connectivity index (χ1v) is 11.4. The molecule has 2 aromatic heterocycles. The SMILES string of the molecule is Cc1cccc(-n2c(SCc3ccc([N+](=O)[O-])cc3)nc3c([nH]c4ccccc43)c2=O)c1C. The number of thioether (sulfide) groups is 1. The second-order valence-corrected chi connectivity index (χ2v) is 8.80. The molecule has 0 saturated heterocycles. The molecule has 0 radical (unpaired) electrons. The number of nitrogens with zero attached hydrogens (tertiary/aromatic N) is 3. The summed E-state index contributed by atoms with van der Waals surface area (Å²) in [5.74, 6) is 0.517. The second-order valence-electron chi connectivity index (χ2n) is 7.86. The van der Waals surface area contributed by atoms with E-state index in [1.807, 2.05) is 56.3 Å². The minimum absolute atomic E-state index is 0.0504. The standard InChI is InChI=1S/C25H20N4O3S/c1-15-6-5-9-21(16(15)2)28-24(30)23-22(19-7-3-4-8-20(19)26-23)27-25(28)33-14-17-10-12-18(13-11-17)29(31)32/h3-13,26H,14H2,1-2H3. The maximum absolute atomic E-state index is 13.7. The first kappa shape index (κ1) is 21.0. The lowest BCUT2D eigenvalue weighted by atomic mass is 10.1. The van der Waals surface area contributed by atoms with Gasteiger partial charge in [0.05, 0.1) is 10.6 Å². The Morgan fingerprint density at radius 2 is 1.79 bits per heavy atom. The Bertz CT molecular complexity index is 1590. The Kier molecular flexibility index (Phi) is 5.22. The highest BCUT2D eigenvalue weighted by Gasteiger charge is 2.19. The normalized spacial score (nSPS) is 11.3. The summed E-state index contributed by atoms with van der Waals surface area (Å²) in [4.78, 5) is 32.4. The quantitative estimate of drug-likeness (QED) is 0.159. The zero-order valence-electron chi connectivity index (χ0n) is 18.0. The number of aromatic amines is 1. The van der Waals surface area contributed by atoms with Gasteiger partial charge in [-0.15, -0.1) is 0 Å². The summed E-state index contributed by atoms with van der Waals surface area (Å²) < 4.78 is 1.66. The Morgan fingerprint density at radius 3 is 2.55 bits per heavy atom.